The average Bonchev–Trinajstić information content (AvgIpc) is 3.13. The van der Waals surface area contributed by atoms with E-state index in [2.05, 4.69) is 0 Å². The van der Waals surface area contributed by atoms with Crippen LogP contribution in [-0.2, 0) is 26.4 Å². The first-order valence-corrected chi connectivity index (χ1v) is 10.7. The van der Waals surface area contributed by atoms with Crippen molar-refractivity contribution >= 4 is 19.9 Å². The highest BCUT2D eigenvalue weighted by atomic mass is 32.2. The third-order valence-electron chi connectivity index (χ3n) is 3.99. The van der Waals surface area contributed by atoms with Gasteiger partial charge in [0, 0.05) is 6.04 Å². The van der Waals surface area contributed by atoms with Crippen LogP contribution in [-0.4, -0.2) is 38.7 Å². The summed E-state index contributed by atoms with van der Waals surface area (Å²) in [5, 5.41) is 0. The quantitative estimate of drug-likeness (QED) is 0.778. The van der Waals surface area contributed by atoms with E-state index in [0.717, 1.165) is 22.5 Å². The Kier molecular flexibility index (Phi) is 4.69. The van der Waals surface area contributed by atoms with Gasteiger partial charge in [-0.25, -0.2) is 25.6 Å². The summed E-state index contributed by atoms with van der Waals surface area (Å²) in [6, 6.07) is 4.86. The zero-order valence-corrected chi connectivity index (χ0v) is 14.6. The molecule has 10 heteroatoms. The van der Waals surface area contributed by atoms with Crippen LogP contribution in [0.2, 0.25) is 0 Å². The molecule has 1 aliphatic rings. The molecule has 1 fully saturated rings. The number of sulfone groups is 1. The highest BCUT2D eigenvalue weighted by Crippen LogP contribution is 2.29. The fraction of sp³-hybridized carbons (Fsp3) is 0.333. The van der Waals surface area contributed by atoms with Gasteiger partial charge in [0.15, 0.2) is 14.7 Å². The normalized spacial score (nSPS) is 20.2. The number of hydrogen-bond donors (Lipinski definition) is 0. The molecule has 2 aromatic rings. The second-order valence-electron chi connectivity index (χ2n) is 5.74. The maximum Gasteiger partial charge on any atom is 0.249 e. The molecular weight excluding hydrogens is 376 g/mol. The van der Waals surface area contributed by atoms with E-state index in [9.17, 15) is 25.6 Å². The predicted molar refractivity (Wildman–Crippen MR) is 84.9 cm³/mol. The van der Waals surface area contributed by atoms with Crippen LogP contribution in [0.5, 0.6) is 0 Å². The molecule has 0 saturated carbocycles. The van der Waals surface area contributed by atoms with Crippen molar-refractivity contribution in [3.63, 3.8) is 0 Å². The zero-order valence-electron chi connectivity index (χ0n) is 12.9. The highest BCUT2D eigenvalue weighted by Gasteiger charge is 2.41. The fourth-order valence-electron chi connectivity index (χ4n) is 2.82. The van der Waals surface area contributed by atoms with Gasteiger partial charge < -0.3 is 4.42 Å². The Morgan fingerprint density at radius 2 is 1.84 bits per heavy atom. The minimum absolute atomic E-state index is 0.0539. The van der Waals surface area contributed by atoms with Crippen LogP contribution in [0.4, 0.5) is 8.78 Å². The molecule has 0 spiro atoms. The molecule has 25 heavy (non-hydrogen) atoms. The Morgan fingerprint density at radius 3 is 2.36 bits per heavy atom. The van der Waals surface area contributed by atoms with Gasteiger partial charge in [0.25, 0.3) is 0 Å². The molecule has 1 aliphatic heterocycles. The van der Waals surface area contributed by atoms with E-state index in [1.165, 1.54) is 18.4 Å². The van der Waals surface area contributed by atoms with Crippen molar-refractivity contribution in [1.82, 2.24) is 4.31 Å². The molecule has 2 heterocycles. The molecule has 1 atom stereocenters. The number of benzene rings is 1. The summed E-state index contributed by atoms with van der Waals surface area (Å²) in [6.45, 7) is -0.316. The minimum Gasteiger partial charge on any atom is -0.468 e. The van der Waals surface area contributed by atoms with E-state index in [1.807, 2.05) is 0 Å². The number of sulfonamides is 1. The van der Waals surface area contributed by atoms with E-state index in [4.69, 9.17) is 4.42 Å². The summed E-state index contributed by atoms with van der Waals surface area (Å²) in [5.41, 5.74) is 0. The van der Waals surface area contributed by atoms with Gasteiger partial charge in [-0.15, -0.1) is 0 Å². The van der Waals surface area contributed by atoms with Gasteiger partial charge in [0.05, 0.1) is 24.3 Å². The molecule has 0 aliphatic carbocycles. The maximum absolute atomic E-state index is 14.0. The van der Waals surface area contributed by atoms with Crippen molar-refractivity contribution < 1.29 is 30.0 Å². The number of nitrogens with zero attached hydrogens (tertiary/aromatic N) is 1. The van der Waals surface area contributed by atoms with Crippen molar-refractivity contribution in [3.05, 3.63) is 54.0 Å². The second kappa shape index (κ2) is 6.50. The van der Waals surface area contributed by atoms with Crippen LogP contribution >= 0.6 is 0 Å². The van der Waals surface area contributed by atoms with Crippen LogP contribution in [0.1, 0.15) is 12.2 Å². The standard InChI is InChI=1S/C15H15F2NO5S2/c16-13-4-1-5-14(17)15(13)25(21,22)18(9-12-3-2-7-23-12)11-6-8-24(19,20)10-11/h1-5,7,11H,6,8-10H2/t11-/m1/s1. The molecule has 0 N–H and O–H groups in total. The molecule has 6 nitrogen and oxygen atoms in total. The van der Waals surface area contributed by atoms with Crippen LogP contribution in [0, 0.1) is 11.6 Å². The molecule has 0 unspecified atom stereocenters. The van der Waals surface area contributed by atoms with Crippen molar-refractivity contribution in [2.24, 2.45) is 0 Å². The monoisotopic (exact) mass is 391 g/mol. The van der Waals surface area contributed by atoms with E-state index >= 15 is 0 Å². The summed E-state index contributed by atoms with van der Waals surface area (Å²) >= 11 is 0. The number of hydrogen-bond acceptors (Lipinski definition) is 5. The Bertz CT molecular complexity index is 951. The number of rotatable bonds is 5. The van der Waals surface area contributed by atoms with Crippen molar-refractivity contribution in [2.75, 3.05) is 11.5 Å². The van der Waals surface area contributed by atoms with Gasteiger partial charge in [-0.05, 0) is 30.7 Å². The van der Waals surface area contributed by atoms with Crippen LogP contribution < -0.4 is 0 Å². The van der Waals surface area contributed by atoms with Crippen LogP contribution in [0.15, 0.2) is 45.9 Å². The van der Waals surface area contributed by atoms with Gasteiger partial charge >= 0.3 is 0 Å². The first-order valence-electron chi connectivity index (χ1n) is 7.39. The molecule has 0 amide bonds. The van der Waals surface area contributed by atoms with Gasteiger partial charge in [-0.2, -0.15) is 4.31 Å². The fourth-order valence-corrected chi connectivity index (χ4v) is 6.37. The summed E-state index contributed by atoms with van der Waals surface area (Å²) in [6.07, 6.45) is 1.38. The lowest BCUT2D eigenvalue weighted by Crippen LogP contribution is -2.41. The van der Waals surface area contributed by atoms with Gasteiger partial charge in [0.1, 0.15) is 17.4 Å². The third kappa shape index (κ3) is 3.60. The summed E-state index contributed by atoms with van der Waals surface area (Å²) < 4.78 is 83.3. The Balaban J connectivity index is 2.07. The Labute approximate surface area is 144 Å². The van der Waals surface area contributed by atoms with Gasteiger partial charge in [-0.1, -0.05) is 6.07 Å². The van der Waals surface area contributed by atoms with E-state index in [-0.39, 0.29) is 24.5 Å². The lowest BCUT2D eigenvalue weighted by Gasteiger charge is -2.26. The lowest BCUT2D eigenvalue weighted by atomic mass is 10.2. The highest BCUT2D eigenvalue weighted by molar-refractivity contribution is 7.92. The molecule has 0 radical (unpaired) electrons. The van der Waals surface area contributed by atoms with E-state index in [1.54, 1.807) is 0 Å². The maximum atomic E-state index is 14.0. The average molecular weight is 391 g/mol. The number of halogens is 2. The molecule has 136 valence electrons. The largest absolute Gasteiger partial charge is 0.468 e. The lowest BCUT2D eigenvalue weighted by molar-refractivity contribution is 0.304. The summed E-state index contributed by atoms with van der Waals surface area (Å²) in [5.74, 6) is -2.80. The Hall–Kier alpha value is -1.78. The minimum atomic E-state index is -4.61. The first kappa shape index (κ1) is 18.0. The van der Waals surface area contributed by atoms with Gasteiger partial charge in [0.2, 0.25) is 10.0 Å². The Morgan fingerprint density at radius 1 is 1.16 bits per heavy atom. The zero-order chi connectivity index (χ0) is 18.2. The van der Waals surface area contributed by atoms with Gasteiger partial charge in [-0.3, -0.25) is 0 Å². The summed E-state index contributed by atoms with van der Waals surface area (Å²) in [7, 11) is -8.02. The van der Waals surface area contributed by atoms with Crippen molar-refractivity contribution in [1.29, 1.82) is 0 Å². The molecule has 1 aromatic heterocycles. The van der Waals surface area contributed by atoms with E-state index < -0.39 is 48.2 Å². The first-order chi connectivity index (χ1) is 11.7. The molecule has 1 aromatic carbocycles. The topological polar surface area (TPSA) is 84.7 Å². The second-order valence-corrected chi connectivity index (χ2v) is 9.79. The number of furan rings is 1. The predicted octanol–water partition coefficient (Wildman–Crippen LogP) is 1.94. The van der Waals surface area contributed by atoms with Crippen molar-refractivity contribution in [2.45, 2.75) is 23.9 Å². The molecule has 3 rings (SSSR count). The summed E-state index contributed by atoms with van der Waals surface area (Å²) in [4.78, 5) is -1.09. The molecular formula is C15H15F2NO5S2. The smallest absolute Gasteiger partial charge is 0.249 e. The van der Waals surface area contributed by atoms with Crippen molar-refractivity contribution in [3.8, 4) is 0 Å². The molecule has 1 saturated heterocycles. The van der Waals surface area contributed by atoms with E-state index in [0.29, 0.717) is 0 Å². The van der Waals surface area contributed by atoms with Crippen LogP contribution in [0.25, 0.3) is 0 Å². The van der Waals surface area contributed by atoms with Crippen LogP contribution in [0.3, 0.4) is 0 Å². The molecule has 0 bridgehead atoms. The SMILES string of the molecule is O=S1(=O)CC[C@@H](N(Cc2ccco2)S(=O)(=O)c2c(F)cccc2F)C1. The third-order valence-corrected chi connectivity index (χ3v) is 7.69.